The fourth-order valence-corrected chi connectivity index (χ4v) is 3.55. The first-order valence-electron chi connectivity index (χ1n) is 8.74. The van der Waals surface area contributed by atoms with Gasteiger partial charge in [0.25, 0.3) is 0 Å². The molecule has 25 heavy (non-hydrogen) atoms. The van der Waals surface area contributed by atoms with E-state index in [1.165, 1.54) is 0 Å². The first-order chi connectivity index (χ1) is 11.9. The molecule has 1 heterocycles. The lowest BCUT2D eigenvalue weighted by Crippen LogP contribution is -2.50. The van der Waals surface area contributed by atoms with Gasteiger partial charge < -0.3 is 20.1 Å². The van der Waals surface area contributed by atoms with Crippen LogP contribution in [0.25, 0.3) is 0 Å². The molecule has 4 atom stereocenters. The largest absolute Gasteiger partial charge is 0.480 e. The fourth-order valence-electron chi connectivity index (χ4n) is 3.55. The van der Waals surface area contributed by atoms with Crippen LogP contribution in [0.1, 0.15) is 25.3 Å². The van der Waals surface area contributed by atoms with Gasteiger partial charge in [0.2, 0.25) is 5.91 Å². The predicted octanol–water partition coefficient (Wildman–Crippen LogP) is 1.54. The number of carbonyl (C=O) groups excluding carboxylic acids is 1. The van der Waals surface area contributed by atoms with Gasteiger partial charge in [0.05, 0.1) is 12.0 Å². The Morgan fingerprint density at radius 3 is 2.56 bits per heavy atom. The highest BCUT2D eigenvalue weighted by Gasteiger charge is 2.37. The topological polar surface area (TPSA) is 78.9 Å². The Hall–Kier alpha value is -1.92. The van der Waals surface area contributed by atoms with E-state index in [1.54, 1.807) is 14.0 Å². The van der Waals surface area contributed by atoms with Crippen molar-refractivity contribution in [2.24, 2.45) is 5.92 Å². The van der Waals surface area contributed by atoms with Gasteiger partial charge in [0.15, 0.2) is 0 Å². The minimum absolute atomic E-state index is 0.183. The number of nitrogens with zero attached hydrogens (tertiary/aromatic N) is 1. The smallest absolute Gasteiger partial charge is 0.326 e. The number of carbonyl (C=O) groups is 2. The van der Waals surface area contributed by atoms with Crippen molar-refractivity contribution in [2.45, 2.75) is 44.4 Å². The standard InChI is InChI=1S/C19H28N2O4/c1-13(17(25-3)16-10-7-11-21(16)2)18(22)20-15(19(23)24)12-14-8-5-4-6-9-14/h4-6,8-9,13,15-17H,7,10-12H2,1-3H3,(H,20,22)(H,23,24)/t13-,15+,16+,17-/m1/s1. The molecule has 1 fully saturated rings. The quantitative estimate of drug-likeness (QED) is 0.745. The summed E-state index contributed by atoms with van der Waals surface area (Å²) in [5, 5.41) is 12.1. The molecule has 1 saturated heterocycles. The summed E-state index contributed by atoms with van der Waals surface area (Å²) in [6, 6.07) is 8.54. The minimum atomic E-state index is -1.03. The van der Waals surface area contributed by atoms with Crippen LogP contribution in [0.5, 0.6) is 0 Å². The summed E-state index contributed by atoms with van der Waals surface area (Å²) in [6.07, 6.45) is 2.08. The number of carboxylic acids is 1. The highest BCUT2D eigenvalue weighted by Crippen LogP contribution is 2.24. The molecule has 138 valence electrons. The van der Waals surface area contributed by atoms with Gasteiger partial charge in [-0.25, -0.2) is 4.79 Å². The van der Waals surface area contributed by atoms with E-state index < -0.39 is 17.9 Å². The van der Waals surface area contributed by atoms with Crippen molar-refractivity contribution < 1.29 is 19.4 Å². The van der Waals surface area contributed by atoms with Crippen LogP contribution in [0.3, 0.4) is 0 Å². The molecular weight excluding hydrogens is 320 g/mol. The van der Waals surface area contributed by atoms with E-state index in [1.807, 2.05) is 37.4 Å². The molecule has 1 aromatic rings. The highest BCUT2D eigenvalue weighted by atomic mass is 16.5. The number of ether oxygens (including phenoxy) is 1. The number of rotatable bonds is 8. The Kier molecular flexibility index (Phi) is 6.96. The summed E-state index contributed by atoms with van der Waals surface area (Å²) in [6.45, 7) is 2.79. The van der Waals surface area contributed by atoms with Crippen LogP contribution < -0.4 is 5.32 Å². The van der Waals surface area contributed by atoms with Gasteiger partial charge in [-0.15, -0.1) is 0 Å². The molecule has 0 unspecified atom stereocenters. The Morgan fingerprint density at radius 1 is 1.36 bits per heavy atom. The van der Waals surface area contributed by atoms with Gasteiger partial charge in [-0.3, -0.25) is 4.79 Å². The molecule has 2 N–H and O–H groups in total. The van der Waals surface area contributed by atoms with Crippen LogP contribution in [-0.4, -0.2) is 60.8 Å². The first-order valence-corrected chi connectivity index (χ1v) is 8.74. The van der Waals surface area contributed by atoms with Crippen LogP contribution >= 0.6 is 0 Å². The Balaban J connectivity index is 2.02. The third kappa shape index (κ3) is 5.03. The van der Waals surface area contributed by atoms with E-state index in [9.17, 15) is 14.7 Å². The molecule has 1 aromatic carbocycles. The van der Waals surface area contributed by atoms with Crippen molar-refractivity contribution in [1.82, 2.24) is 10.2 Å². The number of nitrogens with one attached hydrogen (secondary N) is 1. The Bertz CT molecular complexity index is 578. The highest BCUT2D eigenvalue weighted by molar-refractivity contribution is 5.85. The van der Waals surface area contributed by atoms with Gasteiger partial charge in [0, 0.05) is 19.6 Å². The third-order valence-electron chi connectivity index (χ3n) is 5.03. The second-order valence-corrected chi connectivity index (χ2v) is 6.77. The molecule has 0 radical (unpaired) electrons. The number of carboxylic acid groups (broad SMARTS) is 1. The van der Waals surface area contributed by atoms with Crippen molar-refractivity contribution >= 4 is 11.9 Å². The number of amides is 1. The molecule has 1 amide bonds. The van der Waals surface area contributed by atoms with E-state index in [2.05, 4.69) is 10.2 Å². The van der Waals surface area contributed by atoms with E-state index in [0.717, 1.165) is 24.9 Å². The third-order valence-corrected chi connectivity index (χ3v) is 5.03. The minimum Gasteiger partial charge on any atom is -0.480 e. The number of likely N-dealkylation sites (N-methyl/N-ethyl adjacent to an activating group) is 1. The van der Waals surface area contributed by atoms with Crippen LogP contribution in [0.15, 0.2) is 30.3 Å². The van der Waals surface area contributed by atoms with E-state index in [-0.39, 0.29) is 24.5 Å². The lowest BCUT2D eigenvalue weighted by atomic mass is 9.94. The molecule has 0 spiro atoms. The van der Waals surface area contributed by atoms with Gasteiger partial charge >= 0.3 is 5.97 Å². The molecule has 6 nitrogen and oxygen atoms in total. The van der Waals surface area contributed by atoms with Crippen LogP contribution in [0, 0.1) is 5.92 Å². The monoisotopic (exact) mass is 348 g/mol. The number of hydrogen-bond donors (Lipinski definition) is 2. The maximum atomic E-state index is 12.6. The molecule has 0 bridgehead atoms. The SMILES string of the molecule is CO[C@H]([C@@H](C)C(=O)N[C@@H](Cc1ccccc1)C(=O)O)[C@@H]1CCCN1C. The Labute approximate surface area is 149 Å². The lowest BCUT2D eigenvalue weighted by molar-refractivity contribution is -0.143. The van der Waals surface area contributed by atoms with Crippen LogP contribution in [-0.2, 0) is 20.7 Å². The molecule has 2 rings (SSSR count). The summed E-state index contributed by atoms with van der Waals surface area (Å²) in [4.78, 5) is 26.4. The zero-order valence-corrected chi connectivity index (χ0v) is 15.1. The van der Waals surface area contributed by atoms with Gasteiger partial charge in [-0.2, -0.15) is 0 Å². The Morgan fingerprint density at radius 2 is 2.04 bits per heavy atom. The molecular formula is C19H28N2O4. The number of methoxy groups -OCH3 is 1. The summed E-state index contributed by atoms with van der Waals surface area (Å²) in [7, 11) is 3.64. The number of hydrogen-bond acceptors (Lipinski definition) is 4. The van der Waals surface area contributed by atoms with Crippen molar-refractivity contribution in [2.75, 3.05) is 20.7 Å². The lowest BCUT2D eigenvalue weighted by Gasteiger charge is -2.32. The van der Waals surface area contributed by atoms with E-state index in [4.69, 9.17) is 4.74 Å². The predicted molar refractivity (Wildman–Crippen MR) is 95.3 cm³/mol. The molecule has 0 aliphatic carbocycles. The van der Waals surface area contributed by atoms with Crippen molar-refractivity contribution in [3.8, 4) is 0 Å². The van der Waals surface area contributed by atoms with Crippen LogP contribution in [0.2, 0.25) is 0 Å². The summed E-state index contributed by atoms with van der Waals surface area (Å²) in [5.74, 6) is -1.74. The molecule has 1 aliphatic heterocycles. The average molecular weight is 348 g/mol. The van der Waals surface area contributed by atoms with Gasteiger partial charge in [0.1, 0.15) is 6.04 Å². The van der Waals surface area contributed by atoms with Crippen molar-refractivity contribution in [3.63, 3.8) is 0 Å². The summed E-state index contributed by atoms with van der Waals surface area (Å²) in [5.41, 5.74) is 0.877. The molecule has 0 aromatic heterocycles. The number of likely N-dealkylation sites (tertiary alicyclic amines) is 1. The molecule has 6 heteroatoms. The van der Waals surface area contributed by atoms with E-state index in [0.29, 0.717) is 0 Å². The zero-order valence-electron chi connectivity index (χ0n) is 15.1. The normalized spacial score (nSPS) is 21.5. The first kappa shape index (κ1) is 19.4. The average Bonchev–Trinajstić information content (AvgIpc) is 3.01. The summed E-state index contributed by atoms with van der Waals surface area (Å²) < 4.78 is 5.60. The zero-order chi connectivity index (χ0) is 18.4. The number of benzene rings is 1. The van der Waals surface area contributed by atoms with Gasteiger partial charge in [-0.05, 0) is 32.0 Å². The molecule has 0 saturated carbocycles. The van der Waals surface area contributed by atoms with Crippen molar-refractivity contribution in [3.05, 3.63) is 35.9 Å². The van der Waals surface area contributed by atoms with Gasteiger partial charge in [-0.1, -0.05) is 37.3 Å². The summed E-state index contributed by atoms with van der Waals surface area (Å²) >= 11 is 0. The second-order valence-electron chi connectivity index (χ2n) is 6.77. The molecule has 1 aliphatic rings. The second kappa shape index (κ2) is 8.97. The van der Waals surface area contributed by atoms with Crippen molar-refractivity contribution in [1.29, 1.82) is 0 Å². The van der Waals surface area contributed by atoms with Crippen LogP contribution in [0.4, 0.5) is 0 Å². The number of aliphatic carboxylic acids is 1. The maximum Gasteiger partial charge on any atom is 0.326 e. The maximum absolute atomic E-state index is 12.6. The van der Waals surface area contributed by atoms with E-state index >= 15 is 0 Å². The fraction of sp³-hybridized carbons (Fsp3) is 0.579.